The first-order valence-electron chi connectivity index (χ1n) is 11.7. The topological polar surface area (TPSA) is 41.0 Å². The lowest BCUT2D eigenvalue weighted by atomic mass is 9.72. The van der Waals surface area contributed by atoms with Gasteiger partial charge in [-0.3, -0.25) is 0 Å². The highest BCUT2D eigenvalue weighted by molar-refractivity contribution is 7.99. The van der Waals surface area contributed by atoms with Crippen molar-refractivity contribution in [1.29, 1.82) is 0 Å². The molecule has 2 aliphatic rings. The summed E-state index contributed by atoms with van der Waals surface area (Å²) in [6.07, 6.45) is 16.4. The van der Waals surface area contributed by atoms with Gasteiger partial charge in [0.05, 0.1) is 4.75 Å². The van der Waals surface area contributed by atoms with E-state index in [-0.39, 0.29) is 10.2 Å². The second-order valence-electron chi connectivity index (χ2n) is 9.21. The summed E-state index contributed by atoms with van der Waals surface area (Å²) in [7, 11) is 1.97. The Balaban J connectivity index is 1.30. The fraction of sp³-hybridized carbons (Fsp3) is 0.538. The van der Waals surface area contributed by atoms with Crippen LogP contribution in [0.2, 0.25) is 5.02 Å². The van der Waals surface area contributed by atoms with E-state index in [9.17, 15) is 0 Å². The summed E-state index contributed by atoms with van der Waals surface area (Å²) in [6, 6.07) is 6.14. The Labute approximate surface area is 202 Å². The Morgan fingerprint density at radius 3 is 2.47 bits per heavy atom. The van der Waals surface area contributed by atoms with Crippen molar-refractivity contribution in [2.45, 2.75) is 55.1 Å². The summed E-state index contributed by atoms with van der Waals surface area (Å²) < 4.78 is 0.181. The molecule has 1 aliphatic carbocycles. The molecular formula is C26H35ClN4S. The summed E-state index contributed by atoms with van der Waals surface area (Å²) in [6.45, 7) is 7.46. The molecule has 0 spiro atoms. The van der Waals surface area contributed by atoms with Crippen LogP contribution in [-0.2, 0) is 16.6 Å². The van der Waals surface area contributed by atoms with Crippen LogP contribution in [0.4, 0.5) is 5.69 Å². The fourth-order valence-corrected chi connectivity index (χ4v) is 6.31. The summed E-state index contributed by atoms with van der Waals surface area (Å²) in [4.78, 5) is 12.0. The third-order valence-corrected chi connectivity index (χ3v) is 9.14. The van der Waals surface area contributed by atoms with Gasteiger partial charge in [0.1, 0.15) is 5.82 Å². The standard InChI is InChI=1S/C26H35ClN4S/c1-4-25(22-17-21(27)8-9-23(22)28-2)12-15-31(16-13-25)14-5-7-20-18-29-24(30-19-20)26(32-3)10-6-11-26/h4,8-9,17-19,28H,1,5-7,10-16H2,2-3H3. The van der Waals surface area contributed by atoms with E-state index in [1.807, 2.05) is 24.9 Å². The third kappa shape index (κ3) is 4.71. The number of hydrogen-bond acceptors (Lipinski definition) is 5. The van der Waals surface area contributed by atoms with E-state index in [0.717, 1.165) is 61.9 Å². The number of aromatic nitrogens is 2. The zero-order chi connectivity index (χ0) is 22.6. The van der Waals surface area contributed by atoms with Crippen LogP contribution in [-0.4, -0.2) is 47.8 Å². The molecule has 2 heterocycles. The molecule has 0 amide bonds. The van der Waals surface area contributed by atoms with Crippen molar-refractivity contribution in [3.63, 3.8) is 0 Å². The number of halogens is 1. The molecule has 0 unspecified atom stereocenters. The lowest BCUT2D eigenvalue weighted by molar-refractivity contribution is 0.182. The van der Waals surface area contributed by atoms with Gasteiger partial charge in [-0.15, -0.1) is 6.58 Å². The van der Waals surface area contributed by atoms with Gasteiger partial charge in [0.15, 0.2) is 0 Å². The van der Waals surface area contributed by atoms with Crippen molar-refractivity contribution in [1.82, 2.24) is 14.9 Å². The molecule has 1 aliphatic heterocycles. The maximum atomic E-state index is 6.34. The zero-order valence-electron chi connectivity index (χ0n) is 19.4. The summed E-state index contributed by atoms with van der Waals surface area (Å²) >= 11 is 8.25. The van der Waals surface area contributed by atoms with Gasteiger partial charge in [-0.05, 0) is 100 Å². The molecule has 32 heavy (non-hydrogen) atoms. The SMILES string of the molecule is C=CC1(c2cc(Cl)ccc2NC)CCN(CCCc2cnc(C3(SC)CCC3)nc2)CC1. The van der Waals surface area contributed by atoms with E-state index >= 15 is 0 Å². The normalized spacial score (nSPS) is 19.8. The van der Waals surface area contributed by atoms with Crippen molar-refractivity contribution in [2.24, 2.45) is 0 Å². The first-order valence-corrected chi connectivity index (χ1v) is 13.3. The van der Waals surface area contributed by atoms with Gasteiger partial charge >= 0.3 is 0 Å². The second-order valence-corrected chi connectivity index (χ2v) is 10.8. The molecule has 1 aromatic carbocycles. The van der Waals surface area contributed by atoms with Crippen LogP contribution in [0.3, 0.4) is 0 Å². The third-order valence-electron chi connectivity index (χ3n) is 7.53. The van der Waals surface area contributed by atoms with Crippen LogP contribution in [0, 0.1) is 0 Å². The van der Waals surface area contributed by atoms with Gasteiger partial charge < -0.3 is 10.2 Å². The number of hydrogen-bond donors (Lipinski definition) is 1. The summed E-state index contributed by atoms with van der Waals surface area (Å²) in [5, 5.41) is 4.12. The van der Waals surface area contributed by atoms with Crippen molar-refractivity contribution < 1.29 is 0 Å². The predicted octanol–water partition coefficient (Wildman–Crippen LogP) is 6.07. The minimum atomic E-state index is -0.0157. The van der Waals surface area contributed by atoms with E-state index in [0.29, 0.717) is 0 Å². The largest absolute Gasteiger partial charge is 0.388 e. The Morgan fingerprint density at radius 2 is 1.91 bits per heavy atom. The quantitative estimate of drug-likeness (QED) is 0.450. The number of aryl methyl sites for hydroxylation is 1. The lowest BCUT2D eigenvalue weighted by Gasteiger charge is -2.41. The smallest absolute Gasteiger partial charge is 0.144 e. The van der Waals surface area contributed by atoms with Gasteiger partial charge in [0.25, 0.3) is 0 Å². The molecule has 0 bridgehead atoms. The minimum absolute atomic E-state index is 0.0157. The Bertz CT molecular complexity index is 912. The molecule has 1 N–H and O–H groups in total. The highest BCUT2D eigenvalue weighted by atomic mass is 35.5. The van der Waals surface area contributed by atoms with Crippen molar-refractivity contribution in [3.8, 4) is 0 Å². The van der Waals surface area contributed by atoms with Crippen LogP contribution >= 0.6 is 23.4 Å². The molecule has 1 saturated heterocycles. The van der Waals surface area contributed by atoms with Gasteiger partial charge in [-0.25, -0.2) is 9.97 Å². The van der Waals surface area contributed by atoms with Crippen molar-refractivity contribution in [3.05, 3.63) is 65.2 Å². The maximum absolute atomic E-state index is 6.34. The maximum Gasteiger partial charge on any atom is 0.144 e. The number of nitrogens with zero attached hydrogens (tertiary/aromatic N) is 3. The van der Waals surface area contributed by atoms with Gasteiger partial charge in [0, 0.05) is 35.6 Å². The van der Waals surface area contributed by atoms with Crippen LogP contribution in [0.1, 0.15) is 55.5 Å². The number of nitrogens with one attached hydrogen (secondary N) is 1. The molecule has 1 saturated carbocycles. The van der Waals surface area contributed by atoms with Gasteiger partial charge in [0.2, 0.25) is 0 Å². The van der Waals surface area contributed by atoms with E-state index in [2.05, 4.69) is 53.7 Å². The predicted molar refractivity (Wildman–Crippen MR) is 138 cm³/mol. The average Bonchev–Trinajstić information content (AvgIpc) is 2.80. The molecule has 1 aromatic heterocycles. The summed E-state index contributed by atoms with van der Waals surface area (Å²) in [5.41, 5.74) is 3.66. The number of thioether (sulfide) groups is 1. The first-order chi connectivity index (χ1) is 15.5. The number of rotatable bonds is 9. The van der Waals surface area contributed by atoms with Crippen molar-refractivity contribution in [2.75, 3.05) is 38.3 Å². The Kier molecular flexibility index (Phi) is 7.48. The molecular weight excluding hydrogens is 436 g/mol. The van der Waals surface area contributed by atoms with Crippen LogP contribution in [0.15, 0.2) is 43.2 Å². The van der Waals surface area contributed by atoms with E-state index < -0.39 is 0 Å². The Hall–Kier alpha value is -1.56. The molecule has 6 heteroatoms. The monoisotopic (exact) mass is 470 g/mol. The molecule has 0 radical (unpaired) electrons. The molecule has 2 fully saturated rings. The fourth-order valence-electron chi connectivity index (χ4n) is 5.15. The zero-order valence-corrected chi connectivity index (χ0v) is 20.9. The van der Waals surface area contributed by atoms with Crippen LogP contribution in [0.5, 0.6) is 0 Å². The molecule has 0 atom stereocenters. The van der Waals surface area contributed by atoms with E-state index in [1.165, 1.54) is 30.4 Å². The van der Waals surface area contributed by atoms with E-state index in [4.69, 9.17) is 21.6 Å². The average molecular weight is 471 g/mol. The lowest BCUT2D eigenvalue weighted by Crippen LogP contribution is -2.42. The summed E-state index contributed by atoms with van der Waals surface area (Å²) in [5.74, 6) is 1.03. The molecule has 4 nitrogen and oxygen atoms in total. The van der Waals surface area contributed by atoms with Crippen LogP contribution < -0.4 is 5.32 Å². The first kappa shape index (κ1) is 23.6. The number of allylic oxidation sites excluding steroid dienone is 1. The minimum Gasteiger partial charge on any atom is -0.388 e. The molecule has 172 valence electrons. The Morgan fingerprint density at radius 1 is 1.19 bits per heavy atom. The van der Waals surface area contributed by atoms with Crippen molar-refractivity contribution >= 4 is 29.1 Å². The number of benzene rings is 1. The number of anilines is 1. The number of likely N-dealkylation sites (tertiary alicyclic amines) is 1. The van der Waals surface area contributed by atoms with Gasteiger partial charge in [-0.2, -0.15) is 11.8 Å². The highest BCUT2D eigenvalue weighted by Gasteiger charge is 2.40. The highest BCUT2D eigenvalue weighted by Crippen LogP contribution is 2.49. The van der Waals surface area contributed by atoms with E-state index in [1.54, 1.807) is 0 Å². The molecule has 2 aromatic rings. The van der Waals surface area contributed by atoms with Gasteiger partial charge in [-0.1, -0.05) is 17.7 Å². The van der Waals surface area contributed by atoms with Crippen LogP contribution in [0.25, 0.3) is 0 Å². The number of piperidine rings is 1. The molecule has 4 rings (SSSR count). The second kappa shape index (κ2) is 10.1.